The van der Waals surface area contributed by atoms with Crippen LogP contribution in [-0.2, 0) is 13.0 Å². The summed E-state index contributed by atoms with van der Waals surface area (Å²) in [4.78, 5) is 10.1. The summed E-state index contributed by atoms with van der Waals surface area (Å²) in [6, 6.07) is 8.49. The van der Waals surface area contributed by atoms with E-state index in [1.54, 1.807) is 18.4 Å². The van der Waals surface area contributed by atoms with Gasteiger partial charge in [0.25, 0.3) is 0 Å². The van der Waals surface area contributed by atoms with Crippen LogP contribution in [0.4, 0.5) is 0 Å². The largest absolute Gasteiger partial charge is 0.356 e. The minimum Gasteiger partial charge on any atom is -0.356 e. The van der Waals surface area contributed by atoms with Crippen LogP contribution in [0.1, 0.15) is 26.7 Å². The van der Waals surface area contributed by atoms with Crippen LogP contribution in [0.5, 0.6) is 0 Å². The van der Waals surface area contributed by atoms with Crippen molar-refractivity contribution in [3.8, 4) is 0 Å². The van der Waals surface area contributed by atoms with Crippen LogP contribution < -0.4 is 10.6 Å². The first kappa shape index (κ1) is 19.9. The fraction of sp³-hybridized carbons (Fsp3) is 0.412. The summed E-state index contributed by atoms with van der Waals surface area (Å²) in [5.74, 6) is 0.825. The third-order valence-corrected chi connectivity index (χ3v) is 4.60. The summed E-state index contributed by atoms with van der Waals surface area (Å²) in [6.45, 7) is 7.89. The highest BCUT2D eigenvalue weighted by Crippen LogP contribution is 2.16. The van der Waals surface area contributed by atoms with Gasteiger partial charge in [-0.2, -0.15) is 0 Å². The van der Waals surface area contributed by atoms with Gasteiger partial charge in [-0.3, -0.25) is 4.99 Å². The molecule has 1 heterocycles. The Balaban J connectivity index is 0.00000264. The van der Waals surface area contributed by atoms with Crippen LogP contribution in [0.2, 0.25) is 0 Å². The standard InChI is InChI=1S/C17H24N4S.HI/c1-12-6-5-7-15(10-12)11-20-17(18-4)19-9-8-16-21-13(2)14(3)22-16;/h5-7,10H,8-9,11H2,1-4H3,(H2,18,19,20);1H. The Bertz CT molecular complexity index is 632. The molecule has 2 aromatic rings. The summed E-state index contributed by atoms with van der Waals surface area (Å²) >= 11 is 1.77. The van der Waals surface area contributed by atoms with Crippen LogP contribution in [0, 0.1) is 20.8 Å². The molecular weight excluding hydrogens is 419 g/mol. The van der Waals surface area contributed by atoms with Crippen molar-refractivity contribution < 1.29 is 0 Å². The van der Waals surface area contributed by atoms with Crippen LogP contribution in [0.15, 0.2) is 29.3 Å². The second kappa shape index (κ2) is 9.87. The molecule has 1 aromatic carbocycles. The Morgan fingerprint density at radius 1 is 1.22 bits per heavy atom. The molecule has 6 heteroatoms. The normalized spacial score (nSPS) is 11.0. The van der Waals surface area contributed by atoms with Gasteiger partial charge in [-0.05, 0) is 26.3 Å². The lowest BCUT2D eigenvalue weighted by Gasteiger charge is -2.11. The second-order valence-corrected chi connectivity index (χ2v) is 6.63. The number of aryl methyl sites for hydroxylation is 3. The molecule has 0 spiro atoms. The van der Waals surface area contributed by atoms with Gasteiger partial charge in [0, 0.05) is 31.4 Å². The van der Waals surface area contributed by atoms with Crippen LogP contribution in [0.3, 0.4) is 0 Å². The van der Waals surface area contributed by atoms with Gasteiger partial charge in [-0.15, -0.1) is 35.3 Å². The van der Waals surface area contributed by atoms with Crippen LogP contribution in [-0.4, -0.2) is 24.5 Å². The zero-order valence-corrected chi connectivity index (χ0v) is 17.3. The maximum Gasteiger partial charge on any atom is 0.191 e. The van der Waals surface area contributed by atoms with Crippen molar-refractivity contribution in [3.05, 3.63) is 51.0 Å². The minimum atomic E-state index is 0. The lowest BCUT2D eigenvalue weighted by atomic mass is 10.1. The highest BCUT2D eigenvalue weighted by Gasteiger charge is 2.04. The van der Waals surface area contributed by atoms with Crippen molar-refractivity contribution >= 4 is 41.3 Å². The molecule has 1 aromatic heterocycles. The first-order valence-electron chi connectivity index (χ1n) is 7.51. The number of rotatable bonds is 5. The Morgan fingerprint density at radius 3 is 2.61 bits per heavy atom. The molecule has 0 radical (unpaired) electrons. The van der Waals surface area contributed by atoms with Crippen molar-refractivity contribution in [1.29, 1.82) is 0 Å². The van der Waals surface area contributed by atoms with Crippen molar-refractivity contribution in [3.63, 3.8) is 0 Å². The van der Waals surface area contributed by atoms with E-state index in [0.29, 0.717) is 0 Å². The fourth-order valence-corrected chi connectivity index (χ4v) is 3.10. The van der Waals surface area contributed by atoms with E-state index in [1.807, 2.05) is 0 Å². The number of aliphatic imine (C=N–C) groups is 1. The zero-order chi connectivity index (χ0) is 15.9. The van der Waals surface area contributed by atoms with Gasteiger partial charge in [-0.1, -0.05) is 29.8 Å². The average Bonchev–Trinajstić information content (AvgIpc) is 2.81. The Labute approximate surface area is 159 Å². The lowest BCUT2D eigenvalue weighted by Crippen LogP contribution is -2.37. The summed E-state index contributed by atoms with van der Waals surface area (Å²) in [5.41, 5.74) is 3.67. The number of hydrogen-bond acceptors (Lipinski definition) is 3. The lowest BCUT2D eigenvalue weighted by molar-refractivity contribution is 0.790. The maximum absolute atomic E-state index is 4.55. The number of hydrogen-bond donors (Lipinski definition) is 2. The molecule has 4 nitrogen and oxygen atoms in total. The topological polar surface area (TPSA) is 49.3 Å². The molecule has 2 rings (SSSR count). The molecule has 0 aliphatic heterocycles. The van der Waals surface area contributed by atoms with E-state index >= 15 is 0 Å². The molecule has 0 amide bonds. The molecule has 0 saturated carbocycles. The number of thiazole rings is 1. The number of nitrogens with one attached hydrogen (secondary N) is 2. The van der Waals surface area contributed by atoms with E-state index in [1.165, 1.54) is 21.0 Å². The highest BCUT2D eigenvalue weighted by atomic mass is 127. The average molecular weight is 444 g/mol. The van der Waals surface area contributed by atoms with E-state index < -0.39 is 0 Å². The first-order chi connectivity index (χ1) is 10.6. The van der Waals surface area contributed by atoms with E-state index in [4.69, 9.17) is 0 Å². The number of aromatic nitrogens is 1. The van der Waals surface area contributed by atoms with Gasteiger partial charge >= 0.3 is 0 Å². The van der Waals surface area contributed by atoms with Gasteiger partial charge in [0.15, 0.2) is 5.96 Å². The highest BCUT2D eigenvalue weighted by molar-refractivity contribution is 14.0. The Hall–Kier alpha value is -1.15. The van der Waals surface area contributed by atoms with Gasteiger partial charge < -0.3 is 10.6 Å². The molecule has 0 bridgehead atoms. The van der Waals surface area contributed by atoms with Crippen molar-refractivity contribution in [1.82, 2.24) is 15.6 Å². The van der Waals surface area contributed by atoms with Gasteiger partial charge in [0.2, 0.25) is 0 Å². The number of guanidine groups is 1. The number of halogens is 1. The monoisotopic (exact) mass is 444 g/mol. The fourth-order valence-electron chi connectivity index (χ4n) is 2.16. The van der Waals surface area contributed by atoms with Crippen molar-refractivity contribution in [2.45, 2.75) is 33.7 Å². The van der Waals surface area contributed by atoms with E-state index in [-0.39, 0.29) is 24.0 Å². The molecule has 0 aliphatic rings. The van der Waals surface area contributed by atoms with Crippen LogP contribution in [0.25, 0.3) is 0 Å². The Morgan fingerprint density at radius 2 is 2.00 bits per heavy atom. The SMILES string of the molecule is CN=C(NCCc1nc(C)c(C)s1)NCc1cccc(C)c1.I. The van der Waals surface area contributed by atoms with Gasteiger partial charge in [-0.25, -0.2) is 4.98 Å². The van der Waals surface area contributed by atoms with E-state index in [2.05, 4.69) is 65.6 Å². The summed E-state index contributed by atoms with van der Waals surface area (Å²) in [5, 5.41) is 7.85. The van der Waals surface area contributed by atoms with Crippen molar-refractivity contribution in [2.75, 3.05) is 13.6 Å². The molecule has 0 atom stereocenters. The molecule has 2 N–H and O–H groups in total. The predicted octanol–water partition coefficient (Wildman–Crippen LogP) is 3.59. The van der Waals surface area contributed by atoms with Crippen molar-refractivity contribution in [2.24, 2.45) is 4.99 Å². The Kier molecular flexibility index (Phi) is 8.54. The summed E-state index contributed by atoms with van der Waals surface area (Å²) in [7, 11) is 1.79. The molecular formula is C17H25IN4S. The quantitative estimate of drug-likeness (QED) is 0.421. The molecule has 0 fully saturated rings. The third kappa shape index (κ3) is 6.47. The zero-order valence-electron chi connectivity index (χ0n) is 14.1. The molecule has 0 saturated heterocycles. The van der Waals surface area contributed by atoms with E-state index in [0.717, 1.165) is 31.2 Å². The molecule has 0 aliphatic carbocycles. The smallest absolute Gasteiger partial charge is 0.191 e. The maximum atomic E-state index is 4.55. The summed E-state index contributed by atoms with van der Waals surface area (Å²) in [6.07, 6.45) is 0.921. The minimum absolute atomic E-state index is 0. The molecule has 126 valence electrons. The van der Waals surface area contributed by atoms with Gasteiger partial charge in [0.1, 0.15) is 0 Å². The predicted molar refractivity (Wildman–Crippen MR) is 110 cm³/mol. The third-order valence-electron chi connectivity index (χ3n) is 3.47. The van der Waals surface area contributed by atoms with Gasteiger partial charge in [0.05, 0.1) is 10.7 Å². The second-order valence-electron chi connectivity index (χ2n) is 5.34. The number of nitrogens with zero attached hydrogens (tertiary/aromatic N) is 2. The molecule has 23 heavy (non-hydrogen) atoms. The van der Waals surface area contributed by atoms with Crippen LogP contribution >= 0.6 is 35.3 Å². The summed E-state index contributed by atoms with van der Waals surface area (Å²) < 4.78 is 0. The number of benzene rings is 1. The van der Waals surface area contributed by atoms with E-state index in [9.17, 15) is 0 Å². The molecule has 0 unspecified atom stereocenters. The first-order valence-corrected chi connectivity index (χ1v) is 8.33.